The normalized spacial score (nSPS) is 18.1. The molecule has 2 rings (SSSR count). The highest BCUT2D eigenvalue weighted by Gasteiger charge is 2.28. The SMILES string of the molecule is Cn1c(C2CNC2)nnc1S(=O)(=O)F. The van der Waals surface area contributed by atoms with E-state index in [1.165, 1.54) is 11.6 Å². The zero-order chi connectivity index (χ0) is 10.3. The van der Waals surface area contributed by atoms with Crippen molar-refractivity contribution in [1.29, 1.82) is 0 Å². The number of nitrogens with one attached hydrogen (secondary N) is 1. The molecule has 0 spiro atoms. The molecule has 1 aromatic rings. The second kappa shape index (κ2) is 2.99. The van der Waals surface area contributed by atoms with E-state index in [1.807, 2.05) is 0 Å². The van der Waals surface area contributed by atoms with E-state index in [4.69, 9.17) is 0 Å². The predicted octanol–water partition coefficient (Wildman–Crippen LogP) is -0.840. The Morgan fingerprint density at radius 1 is 1.50 bits per heavy atom. The molecule has 0 aliphatic carbocycles. The molecule has 1 aliphatic rings. The average molecular weight is 220 g/mol. The molecule has 1 aliphatic heterocycles. The van der Waals surface area contributed by atoms with Crippen molar-refractivity contribution in [2.45, 2.75) is 11.1 Å². The highest BCUT2D eigenvalue weighted by atomic mass is 32.3. The summed E-state index contributed by atoms with van der Waals surface area (Å²) in [7, 11) is -3.32. The minimum atomic E-state index is -4.76. The van der Waals surface area contributed by atoms with Crippen molar-refractivity contribution >= 4 is 10.2 Å². The van der Waals surface area contributed by atoms with Crippen molar-refractivity contribution in [3.8, 4) is 0 Å². The van der Waals surface area contributed by atoms with Gasteiger partial charge in [-0.1, -0.05) is 3.89 Å². The Kier molecular flexibility index (Phi) is 2.04. The van der Waals surface area contributed by atoms with Gasteiger partial charge in [0.1, 0.15) is 5.82 Å². The zero-order valence-electron chi connectivity index (χ0n) is 7.44. The maximum Gasteiger partial charge on any atom is 0.368 e. The molecule has 14 heavy (non-hydrogen) atoms. The standard InChI is InChI=1S/C6H9FN4O2S/c1-11-5(4-2-8-3-4)9-10-6(11)14(7,12)13/h4,8H,2-3H2,1H3. The van der Waals surface area contributed by atoms with Crippen LogP contribution in [0, 0.1) is 0 Å². The van der Waals surface area contributed by atoms with Gasteiger partial charge in [-0.15, -0.1) is 10.2 Å². The lowest BCUT2D eigenvalue weighted by Gasteiger charge is -2.25. The molecule has 78 valence electrons. The Bertz CT molecular complexity index is 450. The number of hydrogen-bond acceptors (Lipinski definition) is 5. The van der Waals surface area contributed by atoms with E-state index in [2.05, 4.69) is 15.5 Å². The van der Waals surface area contributed by atoms with Crippen LogP contribution in [0.2, 0.25) is 0 Å². The quantitative estimate of drug-likeness (QED) is 0.658. The first-order valence-corrected chi connectivity index (χ1v) is 5.43. The van der Waals surface area contributed by atoms with E-state index in [-0.39, 0.29) is 5.92 Å². The van der Waals surface area contributed by atoms with Crippen molar-refractivity contribution < 1.29 is 12.3 Å². The lowest BCUT2D eigenvalue weighted by atomic mass is 10.0. The molecule has 0 saturated carbocycles. The first kappa shape index (κ1) is 9.53. The molecule has 2 heterocycles. The predicted molar refractivity (Wildman–Crippen MR) is 44.9 cm³/mol. The Hall–Kier alpha value is -1.02. The van der Waals surface area contributed by atoms with E-state index in [1.54, 1.807) is 0 Å². The van der Waals surface area contributed by atoms with Crippen molar-refractivity contribution in [1.82, 2.24) is 20.1 Å². The van der Waals surface area contributed by atoms with Gasteiger partial charge >= 0.3 is 10.2 Å². The maximum absolute atomic E-state index is 12.6. The fourth-order valence-electron chi connectivity index (χ4n) is 1.37. The van der Waals surface area contributed by atoms with Crippen molar-refractivity contribution in [2.24, 2.45) is 7.05 Å². The van der Waals surface area contributed by atoms with Gasteiger partial charge in [-0.05, 0) is 0 Å². The molecule has 1 fully saturated rings. The monoisotopic (exact) mass is 220 g/mol. The molecule has 1 N–H and O–H groups in total. The molecular formula is C6H9FN4O2S. The van der Waals surface area contributed by atoms with Gasteiger partial charge in [0, 0.05) is 26.1 Å². The Morgan fingerprint density at radius 3 is 2.50 bits per heavy atom. The summed E-state index contributed by atoms with van der Waals surface area (Å²) < 4.78 is 35.0. The van der Waals surface area contributed by atoms with Crippen LogP contribution < -0.4 is 5.32 Å². The summed E-state index contributed by atoms with van der Waals surface area (Å²) in [5, 5.41) is 9.36. The first-order valence-electron chi connectivity index (χ1n) is 4.05. The summed E-state index contributed by atoms with van der Waals surface area (Å²) >= 11 is 0. The summed E-state index contributed by atoms with van der Waals surface area (Å²) in [6, 6.07) is 0. The smallest absolute Gasteiger partial charge is 0.315 e. The summed E-state index contributed by atoms with van der Waals surface area (Å²) in [4.78, 5) is 0. The zero-order valence-corrected chi connectivity index (χ0v) is 8.25. The van der Waals surface area contributed by atoms with E-state index in [0.29, 0.717) is 5.82 Å². The summed E-state index contributed by atoms with van der Waals surface area (Å²) in [6.45, 7) is 1.44. The minimum Gasteiger partial charge on any atom is -0.315 e. The number of aromatic nitrogens is 3. The topological polar surface area (TPSA) is 76.9 Å². The first-order chi connectivity index (χ1) is 6.50. The number of nitrogens with zero attached hydrogens (tertiary/aromatic N) is 3. The van der Waals surface area contributed by atoms with Gasteiger partial charge in [0.05, 0.1) is 0 Å². The van der Waals surface area contributed by atoms with Gasteiger partial charge < -0.3 is 9.88 Å². The third-order valence-electron chi connectivity index (χ3n) is 2.23. The van der Waals surface area contributed by atoms with Crippen LogP contribution in [0.3, 0.4) is 0 Å². The molecule has 0 amide bonds. The molecule has 8 heteroatoms. The second-order valence-electron chi connectivity index (χ2n) is 3.19. The fourth-order valence-corrected chi connectivity index (χ4v) is 1.92. The lowest BCUT2D eigenvalue weighted by Crippen LogP contribution is -2.41. The van der Waals surface area contributed by atoms with Crippen LogP contribution in [0.15, 0.2) is 5.16 Å². The molecule has 0 unspecified atom stereocenters. The minimum absolute atomic E-state index is 0.128. The van der Waals surface area contributed by atoms with Gasteiger partial charge in [-0.25, -0.2) is 0 Å². The highest BCUT2D eigenvalue weighted by molar-refractivity contribution is 7.86. The maximum atomic E-state index is 12.6. The number of hydrogen-bond donors (Lipinski definition) is 1. The molecule has 1 aromatic heterocycles. The van der Waals surface area contributed by atoms with E-state index in [9.17, 15) is 12.3 Å². The molecule has 1 saturated heterocycles. The molecule has 0 radical (unpaired) electrons. The summed E-state index contributed by atoms with van der Waals surface area (Å²) in [5.74, 6) is 0.628. The van der Waals surface area contributed by atoms with Crippen LogP contribution in [-0.4, -0.2) is 36.3 Å². The van der Waals surface area contributed by atoms with E-state index >= 15 is 0 Å². The fraction of sp³-hybridized carbons (Fsp3) is 0.667. The summed E-state index contributed by atoms with van der Waals surface area (Å²) in [5.41, 5.74) is 0. The number of halogens is 1. The molecular weight excluding hydrogens is 211 g/mol. The van der Waals surface area contributed by atoms with Crippen LogP contribution in [0.25, 0.3) is 0 Å². The Labute approximate surface area is 80.3 Å². The molecule has 0 atom stereocenters. The van der Waals surface area contributed by atoms with Gasteiger partial charge in [0.25, 0.3) is 5.16 Å². The van der Waals surface area contributed by atoms with Crippen molar-refractivity contribution in [3.05, 3.63) is 5.82 Å². The van der Waals surface area contributed by atoms with E-state index < -0.39 is 15.4 Å². The summed E-state index contributed by atoms with van der Waals surface area (Å²) in [6.07, 6.45) is 0. The van der Waals surface area contributed by atoms with Gasteiger partial charge in [-0.3, -0.25) is 0 Å². The van der Waals surface area contributed by atoms with Crippen molar-refractivity contribution in [2.75, 3.05) is 13.1 Å². The van der Waals surface area contributed by atoms with Crippen LogP contribution in [-0.2, 0) is 17.3 Å². The molecule has 0 aromatic carbocycles. The van der Waals surface area contributed by atoms with Crippen LogP contribution >= 0.6 is 0 Å². The van der Waals surface area contributed by atoms with Crippen LogP contribution in [0.1, 0.15) is 11.7 Å². The van der Waals surface area contributed by atoms with Gasteiger partial charge in [0.2, 0.25) is 0 Å². The lowest BCUT2D eigenvalue weighted by molar-refractivity contribution is 0.417. The second-order valence-corrected chi connectivity index (χ2v) is 4.43. The highest BCUT2D eigenvalue weighted by Crippen LogP contribution is 2.19. The third kappa shape index (κ3) is 1.40. The molecule has 6 nitrogen and oxygen atoms in total. The largest absolute Gasteiger partial charge is 0.368 e. The third-order valence-corrected chi connectivity index (χ3v) is 3.02. The average Bonchev–Trinajstić information content (AvgIpc) is 2.28. The van der Waals surface area contributed by atoms with E-state index in [0.717, 1.165) is 13.1 Å². The van der Waals surface area contributed by atoms with Crippen molar-refractivity contribution in [3.63, 3.8) is 0 Å². The number of rotatable bonds is 2. The Morgan fingerprint density at radius 2 is 2.14 bits per heavy atom. The van der Waals surface area contributed by atoms with Crippen LogP contribution in [0.4, 0.5) is 3.89 Å². The Balaban J connectivity index is 2.42. The van der Waals surface area contributed by atoms with Gasteiger partial charge in [-0.2, -0.15) is 8.42 Å². The van der Waals surface area contributed by atoms with Crippen LogP contribution in [0.5, 0.6) is 0 Å². The van der Waals surface area contributed by atoms with Gasteiger partial charge in [0.15, 0.2) is 0 Å². The molecule has 0 bridgehead atoms.